The highest BCUT2D eigenvalue weighted by atomic mass is 16.1. The van der Waals surface area contributed by atoms with Crippen LogP contribution in [0.5, 0.6) is 0 Å². The molecule has 1 heterocycles. The number of piperidine rings is 1. The number of likely N-dealkylation sites (N-methyl/N-ethyl adjacent to an activating group) is 2. The highest BCUT2D eigenvalue weighted by molar-refractivity contribution is 5.84. The monoisotopic (exact) mass is 270 g/mol. The van der Waals surface area contributed by atoms with Gasteiger partial charge in [-0.3, -0.25) is 4.79 Å². The van der Waals surface area contributed by atoms with Crippen LogP contribution in [-0.4, -0.2) is 67.6 Å². The molecule has 0 saturated carbocycles. The molecule has 2 atom stereocenters. The normalized spacial score (nSPS) is 24.4. The Hall–Kier alpha value is -0.650. The van der Waals surface area contributed by atoms with Gasteiger partial charge in [-0.1, -0.05) is 6.92 Å². The molecule has 5 nitrogen and oxygen atoms in total. The van der Waals surface area contributed by atoms with Crippen LogP contribution in [0, 0.1) is 0 Å². The third kappa shape index (κ3) is 4.75. The minimum absolute atomic E-state index is 0.254. The van der Waals surface area contributed by atoms with E-state index in [0.717, 1.165) is 32.6 Å². The number of hydrogen-bond acceptors (Lipinski definition) is 4. The van der Waals surface area contributed by atoms with Gasteiger partial charge in [0, 0.05) is 19.1 Å². The zero-order valence-corrected chi connectivity index (χ0v) is 12.9. The molecule has 0 spiro atoms. The molecule has 1 amide bonds. The summed E-state index contributed by atoms with van der Waals surface area (Å²) in [5.41, 5.74) is 4.94. The van der Waals surface area contributed by atoms with E-state index in [0.29, 0.717) is 6.04 Å². The Balaban J connectivity index is 2.48. The molecule has 1 saturated heterocycles. The Morgan fingerprint density at radius 3 is 2.74 bits per heavy atom. The smallest absolute Gasteiger partial charge is 0.237 e. The molecular formula is C14H30N4O. The fourth-order valence-electron chi connectivity index (χ4n) is 2.73. The first kappa shape index (κ1) is 16.4. The zero-order chi connectivity index (χ0) is 14.5. The molecule has 0 aliphatic carbocycles. The maximum absolute atomic E-state index is 11.6. The number of hydrogen-bond donors (Lipinski definition) is 2. The number of nitrogens with zero attached hydrogens (tertiary/aromatic N) is 2. The lowest BCUT2D eigenvalue weighted by Gasteiger charge is -2.38. The molecular weight excluding hydrogens is 240 g/mol. The summed E-state index contributed by atoms with van der Waals surface area (Å²) in [6, 6.07) is 0.632. The largest absolute Gasteiger partial charge is 0.368 e. The van der Waals surface area contributed by atoms with Crippen LogP contribution in [0.3, 0.4) is 0 Å². The SMILES string of the molecule is CCNC(C)(CCN1CCCC(N(C)C)C1)C(N)=O. The maximum atomic E-state index is 11.6. The van der Waals surface area contributed by atoms with Crippen LogP contribution >= 0.6 is 0 Å². The van der Waals surface area contributed by atoms with Crippen molar-refractivity contribution in [1.29, 1.82) is 0 Å². The molecule has 0 aromatic heterocycles. The summed E-state index contributed by atoms with van der Waals surface area (Å²) in [4.78, 5) is 16.3. The van der Waals surface area contributed by atoms with Gasteiger partial charge in [-0.15, -0.1) is 0 Å². The molecule has 1 fully saturated rings. The fraction of sp³-hybridized carbons (Fsp3) is 0.929. The Labute approximate surface area is 117 Å². The van der Waals surface area contributed by atoms with E-state index in [9.17, 15) is 4.79 Å². The van der Waals surface area contributed by atoms with E-state index < -0.39 is 5.54 Å². The van der Waals surface area contributed by atoms with Gasteiger partial charge in [0.25, 0.3) is 0 Å². The van der Waals surface area contributed by atoms with Gasteiger partial charge in [0.1, 0.15) is 0 Å². The van der Waals surface area contributed by atoms with E-state index in [1.165, 1.54) is 12.8 Å². The van der Waals surface area contributed by atoms with Crippen LogP contribution in [0.1, 0.15) is 33.1 Å². The first-order chi connectivity index (χ1) is 8.89. The lowest BCUT2D eigenvalue weighted by atomic mass is 9.95. The molecule has 19 heavy (non-hydrogen) atoms. The van der Waals surface area contributed by atoms with Crippen LogP contribution in [-0.2, 0) is 4.79 Å². The van der Waals surface area contributed by atoms with Gasteiger partial charge in [-0.05, 0) is 53.4 Å². The second kappa shape index (κ2) is 7.22. The zero-order valence-electron chi connectivity index (χ0n) is 12.9. The Morgan fingerprint density at radius 2 is 2.21 bits per heavy atom. The summed E-state index contributed by atoms with van der Waals surface area (Å²) in [7, 11) is 4.28. The van der Waals surface area contributed by atoms with Crippen molar-refractivity contribution in [3.05, 3.63) is 0 Å². The topological polar surface area (TPSA) is 61.6 Å². The number of likely N-dealkylation sites (tertiary alicyclic amines) is 1. The average Bonchev–Trinajstić information content (AvgIpc) is 2.37. The summed E-state index contributed by atoms with van der Waals surface area (Å²) in [5, 5.41) is 3.22. The predicted molar refractivity (Wildman–Crippen MR) is 79.0 cm³/mol. The Kier molecular flexibility index (Phi) is 6.23. The molecule has 2 unspecified atom stereocenters. The molecule has 1 aliphatic rings. The number of primary amides is 1. The number of carbonyl (C=O) groups is 1. The fourth-order valence-corrected chi connectivity index (χ4v) is 2.73. The van der Waals surface area contributed by atoms with Crippen LogP contribution in [0.2, 0.25) is 0 Å². The number of nitrogens with two attached hydrogens (primary N) is 1. The Morgan fingerprint density at radius 1 is 1.53 bits per heavy atom. The summed E-state index contributed by atoms with van der Waals surface area (Å²) in [6.07, 6.45) is 3.28. The number of nitrogens with one attached hydrogen (secondary N) is 1. The highest BCUT2D eigenvalue weighted by Crippen LogP contribution is 2.16. The van der Waals surface area contributed by atoms with Crippen LogP contribution < -0.4 is 11.1 Å². The standard InChI is InChI=1S/C14H30N4O/c1-5-16-14(2,13(15)19)8-10-18-9-6-7-12(11-18)17(3)4/h12,16H,5-11H2,1-4H3,(H2,15,19). The van der Waals surface area contributed by atoms with Gasteiger partial charge in [0.05, 0.1) is 5.54 Å². The minimum atomic E-state index is -0.584. The second-order valence-electron chi connectivity index (χ2n) is 6.04. The molecule has 3 N–H and O–H groups in total. The van der Waals surface area contributed by atoms with E-state index in [4.69, 9.17) is 5.73 Å². The summed E-state index contributed by atoms with van der Waals surface area (Å²) >= 11 is 0. The third-order valence-corrected chi connectivity index (χ3v) is 4.25. The quantitative estimate of drug-likeness (QED) is 0.696. The molecule has 5 heteroatoms. The second-order valence-corrected chi connectivity index (χ2v) is 6.04. The first-order valence-corrected chi connectivity index (χ1v) is 7.32. The third-order valence-electron chi connectivity index (χ3n) is 4.25. The molecule has 0 bridgehead atoms. The summed E-state index contributed by atoms with van der Waals surface area (Å²) in [5.74, 6) is -0.254. The first-order valence-electron chi connectivity index (χ1n) is 7.32. The molecule has 0 aromatic rings. The highest BCUT2D eigenvalue weighted by Gasteiger charge is 2.31. The van der Waals surface area contributed by atoms with Crippen molar-refractivity contribution in [3.8, 4) is 0 Å². The molecule has 112 valence electrons. The van der Waals surface area contributed by atoms with Gasteiger partial charge in [-0.25, -0.2) is 0 Å². The van der Waals surface area contributed by atoms with Crippen LogP contribution in [0.15, 0.2) is 0 Å². The van der Waals surface area contributed by atoms with Gasteiger partial charge in [0.2, 0.25) is 5.91 Å². The average molecular weight is 270 g/mol. The van der Waals surface area contributed by atoms with Crippen molar-refractivity contribution in [1.82, 2.24) is 15.1 Å². The van der Waals surface area contributed by atoms with Gasteiger partial charge >= 0.3 is 0 Å². The van der Waals surface area contributed by atoms with Crippen molar-refractivity contribution in [3.63, 3.8) is 0 Å². The van der Waals surface area contributed by atoms with Gasteiger partial charge in [0.15, 0.2) is 0 Å². The van der Waals surface area contributed by atoms with Crippen LogP contribution in [0.25, 0.3) is 0 Å². The van der Waals surface area contributed by atoms with Crippen molar-refractivity contribution in [2.75, 3.05) is 40.3 Å². The molecule has 0 radical (unpaired) electrons. The minimum Gasteiger partial charge on any atom is -0.368 e. The number of rotatable bonds is 7. The van der Waals surface area contributed by atoms with Crippen molar-refractivity contribution >= 4 is 5.91 Å². The molecule has 1 aliphatic heterocycles. The van der Waals surface area contributed by atoms with Crippen LogP contribution in [0.4, 0.5) is 0 Å². The van der Waals surface area contributed by atoms with E-state index in [1.807, 2.05) is 13.8 Å². The van der Waals surface area contributed by atoms with E-state index in [1.54, 1.807) is 0 Å². The maximum Gasteiger partial charge on any atom is 0.237 e. The van der Waals surface area contributed by atoms with Gasteiger partial charge in [-0.2, -0.15) is 0 Å². The van der Waals surface area contributed by atoms with Gasteiger partial charge < -0.3 is 20.9 Å². The van der Waals surface area contributed by atoms with Crippen molar-refractivity contribution in [2.24, 2.45) is 5.73 Å². The van der Waals surface area contributed by atoms with E-state index in [-0.39, 0.29) is 5.91 Å². The summed E-state index contributed by atoms with van der Waals surface area (Å²) in [6.45, 7) is 7.83. The van der Waals surface area contributed by atoms with E-state index in [2.05, 4.69) is 29.2 Å². The lowest BCUT2D eigenvalue weighted by molar-refractivity contribution is -0.124. The number of amides is 1. The predicted octanol–water partition coefficient (Wildman–Crippen LogP) is 0.256. The Bertz CT molecular complexity index is 295. The molecule has 0 aromatic carbocycles. The lowest BCUT2D eigenvalue weighted by Crippen LogP contribution is -2.55. The molecule has 1 rings (SSSR count). The van der Waals surface area contributed by atoms with Crippen molar-refractivity contribution < 1.29 is 4.79 Å². The summed E-state index contributed by atoms with van der Waals surface area (Å²) < 4.78 is 0. The van der Waals surface area contributed by atoms with E-state index >= 15 is 0 Å². The number of carbonyl (C=O) groups excluding carboxylic acids is 1. The van der Waals surface area contributed by atoms with Crippen molar-refractivity contribution in [2.45, 2.75) is 44.7 Å².